The summed E-state index contributed by atoms with van der Waals surface area (Å²) in [6, 6.07) is 9.57. The van der Waals surface area contributed by atoms with E-state index in [4.69, 9.17) is 9.47 Å². The number of piperidine rings is 1. The third-order valence-corrected chi connectivity index (χ3v) is 3.95. The van der Waals surface area contributed by atoms with Crippen molar-refractivity contribution in [2.75, 3.05) is 13.7 Å². The Balaban J connectivity index is 2.23. The molecule has 0 aliphatic carbocycles. The first kappa shape index (κ1) is 17.3. The Morgan fingerprint density at radius 2 is 1.83 bits per heavy atom. The van der Waals surface area contributed by atoms with Crippen LogP contribution in [-0.2, 0) is 14.3 Å². The van der Waals surface area contributed by atoms with Crippen LogP contribution in [0.1, 0.15) is 45.2 Å². The molecule has 5 nitrogen and oxygen atoms in total. The van der Waals surface area contributed by atoms with Crippen LogP contribution in [0.2, 0.25) is 0 Å². The highest BCUT2D eigenvalue weighted by Gasteiger charge is 2.37. The number of esters is 1. The van der Waals surface area contributed by atoms with Gasteiger partial charge in [0.15, 0.2) is 0 Å². The lowest BCUT2D eigenvalue weighted by atomic mass is 9.87. The number of carbonyl (C=O) groups excluding carboxylic acids is 2. The maximum Gasteiger partial charge on any atom is 0.410 e. The number of hydrogen-bond donors (Lipinski definition) is 0. The van der Waals surface area contributed by atoms with E-state index in [0.717, 1.165) is 5.56 Å². The van der Waals surface area contributed by atoms with Crippen molar-refractivity contribution >= 4 is 12.1 Å². The predicted molar refractivity (Wildman–Crippen MR) is 86.9 cm³/mol. The van der Waals surface area contributed by atoms with Crippen molar-refractivity contribution in [1.82, 2.24) is 4.90 Å². The van der Waals surface area contributed by atoms with Crippen LogP contribution in [0, 0.1) is 5.92 Å². The van der Waals surface area contributed by atoms with Crippen molar-refractivity contribution < 1.29 is 19.1 Å². The molecule has 1 aromatic carbocycles. The normalized spacial score (nSPS) is 21.7. The molecule has 1 aliphatic rings. The van der Waals surface area contributed by atoms with E-state index in [-0.39, 0.29) is 24.0 Å². The van der Waals surface area contributed by atoms with Crippen LogP contribution in [0.3, 0.4) is 0 Å². The molecule has 2 unspecified atom stereocenters. The van der Waals surface area contributed by atoms with Crippen molar-refractivity contribution in [3.05, 3.63) is 35.9 Å². The number of rotatable bonds is 2. The van der Waals surface area contributed by atoms with E-state index in [1.165, 1.54) is 7.11 Å². The van der Waals surface area contributed by atoms with Gasteiger partial charge >= 0.3 is 12.1 Å². The van der Waals surface area contributed by atoms with Crippen LogP contribution in [0.25, 0.3) is 0 Å². The topological polar surface area (TPSA) is 55.8 Å². The summed E-state index contributed by atoms with van der Waals surface area (Å²) in [5.41, 5.74) is 0.462. The molecule has 0 bridgehead atoms. The van der Waals surface area contributed by atoms with E-state index in [2.05, 4.69) is 0 Å². The molecule has 1 fully saturated rings. The minimum Gasteiger partial charge on any atom is -0.469 e. The molecule has 23 heavy (non-hydrogen) atoms. The van der Waals surface area contributed by atoms with Gasteiger partial charge in [-0.15, -0.1) is 0 Å². The lowest BCUT2D eigenvalue weighted by molar-refractivity contribution is -0.147. The van der Waals surface area contributed by atoms with Crippen LogP contribution in [0.5, 0.6) is 0 Å². The van der Waals surface area contributed by atoms with Crippen LogP contribution >= 0.6 is 0 Å². The molecule has 2 rings (SSSR count). The van der Waals surface area contributed by atoms with E-state index >= 15 is 0 Å². The minimum absolute atomic E-state index is 0.177. The van der Waals surface area contributed by atoms with E-state index in [1.807, 2.05) is 51.1 Å². The fourth-order valence-corrected chi connectivity index (χ4v) is 2.88. The summed E-state index contributed by atoms with van der Waals surface area (Å²) < 4.78 is 10.4. The zero-order valence-electron chi connectivity index (χ0n) is 14.2. The molecule has 0 saturated carbocycles. The standard InChI is InChI=1S/C18H25NO4/c1-18(2,3)23-17(21)19-11-10-14(16(20)22-4)12-15(19)13-8-6-5-7-9-13/h5-9,14-15H,10-12H2,1-4H3. The third-order valence-electron chi connectivity index (χ3n) is 3.95. The number of carbonyl (C=O) groups is 2. The fraction of sp³-hybridized carbons (Fsp3) is 0.556. The van der Waals surface area contributed by atoms with Gasteiger partial charge in [-0.1, -0.05) is 30.3 Å². The monoisotopic (exact) mass is 319 g/mol. The first-order chi connectivity index (χ1) is 10.8. The Hall–Kier alpha value is -2.04. The highest BCUT2D eigenvalue weighted by atomic mass is 16.6. The Bertz CT molecular complexity index is 550. The Labute approximate surface area is 137 Å². The molecule has 0 spiro atoms. The van der Waals surface area contributed by atoms with E-state index < -0.39 is 5.60 Å². The second-order valence-corrected chi connectivity index (χ2v) is 6.84. The Morgan fingerprint density at radius 1 is 1.17 bits per heavy atom. The van der Waals surface area contributed by atoms with Crippen LogP contribution in [0.4, 0.5) is 4.79 Å². The molecule has 1 aromatic rings. The quantitative estimate of drug-likeness (QED) is 0.782. The van der Waals surface area contributed by atoms with E-state index in [0.29, 0.717) is 19.4 Å². The summed E-state index contributed by atoms with van der Waals surface area (Å²) in [6.07, 6.45) is 0.806. The van der Waals surface area contributed by atoms with Crippen molar-refractivity contribution in [2.24, 2.45) is 5.92 Å². The molecule has 0 N–H and O–H groups in total. The summed E-state index contributed by atoms with van der Waals surface area (Å²) in [7, 11) is 1.40. The van der Waals surface area contributed by atoms with Crippen molar-refractivity contribution in [1.29, 1.82) is 0 Å². The number of amides is 1. The summed E-state index contributed by atoms with van der Waals surface area (Å²) in [6.45, 7) is 6.03. The Kier molecular flexibility index (Phi) is 5.29. The van der Waals surface area contributed by atoms with Gasteiger partial charge in [0.1, 0.15) is 5.60 Å². The van der Waals surface area contributed by atoms with Gasteiger partial charge < -0.3 is 14.4 Å². The van der Waals surface area contributed by atoms with Gasteiger partial charge in [0.25, 0.3) is 0 Å². The highest BCUT2D eigenvalue weighted by Crippen LogP contribution is 2.35. The van der Waals surface area contributed by atoms with E-state index in [1.54, 1.807) is 4.90 Å². The van der Waals surface area contributed by atoms with Crippen molar-refractivity contribution in [3.8, 4) is 0 Å². The molecule has 1 saturated heterocycles. The average Bonchev–Trinajstić information content (AvgIpc) is 2.52. The fourth-order valence-electron chi connectivity index (χ4n) is 2.88. The first-order valence-corrected chi connectivity index (χ1v) is 7.94. The zero-order chi connectivity index (χ0) is 17.0. The van der Waals surface area contributed by atoms with Gasteiger partial charge in [-0.3, -0.25) is 4.79 Å². The zero-order valence-corrected chi connectivity index (χ0v) is 14.2. The molecule has 0 radical (unpaired) electrons. The molecule has 1 heterocycles. The molecule has 1 amide bonds. The maximum absolute atomic E-state index is 12.5. The molecular formula is C18H25NO4. The van der Waals surface area contributed by atoms with Crippen LogP contribution < -0.4 is 0 Å². The van der Waals surface area contributed by atoms with Gasteiger partial charge in [0.05, 0.1) is 19.1 Å². The molecule has 2 atom stereocenters. The third kappa shape index (κ3) is 4.47. The molecule has 5 heteroatoms. The highest BCUT2D eigenvalue weighted by molar-refractivity contribution is 5.74. The SMILES string of the molecule is COC(=O)C1CCN(C(=O)OC(C)(C)C)C(c2ccccc2)C1. The Morgan fingerprint density at radius 3 is 2.39 bits per heavy atom. The van der Waals surface area contributed by atoms with Crippen molar-refractivity contribution in [2.45, 2.75) is 45.3 Å². The molecule has 1 aliphatic heterocycles. The lowest BCUT2D eigenvalue weighted by Crippen LogP contribution is -2.45. The van der Waals surface area contributed by atoms with Gasteiger partial charge in [0, 0.05) is 6.54 Å². The van der Waals surface area contributed by atoms with Crippen molar-refractivity contribution in [3.63, 3.8) is 0 Å². The van der Waals surface area contributed by atoms with Crippen LogP contribution in [-0.4, -0.2) is 36.2 Å². The molecular weight excluding hydrogens is 294 g/mol. The summed E-state index contributed by atoms with van der Waals surface area (Å²) in [4.78, 5) is 26.1. The van der Waals surface area contributed by atoms with Crippen LogP contribution in [0.15, 0.2) is 30.3 Å². The first-order valence-electron chi connectivity index (χ1n) is 7.94. The number of nitrogens with zero attached hydrogens (tertiary/aromatic N) is 1. The lowest BCUT2D eigenvalue weighted by Gasteiger charge is -2.39. The molecule has 0 aromatic heterocycles. The second kappa shape index (κ2) is 7.02. The van der Waals surface area contributed by atoms with Gasteiger partial charge in [-0.2, -0.15) is 0 Å². The number of ether oxygens (including phenoxy) is 2. The van der Waals surface area contributed by atoms with Gasteiger partial charge in [0.2, 0.25) is 0 Å². The maximum atomic E-state index is 12.5. The second-order valence-electron chi connectivity index (χ2n) is 6.84. The molecule has 126 valence electrons. The van der Waals surface area contributed by atoms with Gasteiger partial charge in [-0.25, -0.2) is 4.79 Å². The smallest absolute Gasteiger partial charge is 0.410 e. The number of benzene rings is 1. The summed E-state index contributed by atoms with van der Waals surface area (Å²) in [5.74, 6) is -0.404. The predicted octanol–water partition coefficient (Wildman–Crippen LogP) is 3.55. The minimum atomic E-state index is -0.544. The summed E-state index contributed by atoms with van der Waals surface area (Å²) in [5, 5.41) is 0. The number of likely N-dealkylation sites (tertiary alicyclic amines) is 1. The average molecular weight is 319 g/mol. The largest absolute Gasteiger partial charge is 0.469 e. The summed E-state index contributed by atoms with van der Waals surface area (Å²) >= 11 is 0. The number of methoxy groups -OCH3 is 1. The van der Waals surface area contributed by atoms with Gasteiger partial charge in [-0.05, 0) is 39.2 Å². The number of hydrogen-bond acceptors (Lipinski definition) is 4. The van der Waals surface area contributed by atoms with E-state index in [9.17, 15) is 9.59 Å².